The van der Waals surface area contributed by atoms with Crippen molar-refractivity contribution in [3.05, 3.63) is 332 Å². The maximum absolute atomic E-state index is 4.90. The van der Waals surface area contributed by atoms with E-state index in [1.807, 2.05) is 297 Å². The van der Waals surface area contributed by atoms with E-state index in [0.29, 0.717) is 0 Å². The van der Waals surface area contributed by atoms with Crippen molar-refractivity contribution in [2.75, 3.05) is 0 Å². The summed E-state index contributed by atoms with van der Waals surface area (Å²) in [5.74, 6) is 4.94. The number of rotatable bonds is 12. The Morgan fingerprint density at radius 3 is 0.593 bits per heavy atom. The van der Waals surface area contributed by atoms with Crippen LogP contribution in [0.25, 0.3) is 235 Å². The first-order chi connectivity index (χ1) is 70.3. The molecular formula is C108H84N36Pt6. The van der Waals surface area contributed by atoms with Crippen molar-refractivity contribution >= 4 is 132 Å². The maximum atomic E-state index is 4.90. The fourth-order valence-corrected chi connectivity index (χ4v) is 19.2. The molecule has 0 amide bonds. The van der Waals surface area contributed by atoms with Gasteiger partial charge in [0, 0.05) is 134 Å². The van der Waals surface area contributed by atoms with Crippen LogP contribution in [0, 0.1) is 37.6 Å². The van der Waals surface area contributed by atoms with Crippen molar-refractivity contribution in [3.8, 4) is 103 Å². The van der Waals surface area contributed by atoms with Crippen LogP contribution in [0.1, 0.15) is 0 Å². The summed E-state index contributed by atoms with van der Waals surface area (Å²) in [6.45, 7) is 0. The van der Waals surface area contributed by atoms with Crippen molar-refractivity contribution in [3.63, 3.8) is 0 Å². The van der Waals surface area contributed by atoms with E-state index in [1.54, 1.807) is 37.6 Å². The molecule has 0 saturated heterocycles. The monoisotopic (exact) mass is 3050 g/mol. The van der Waals surface area contributed by atoms with Gasteiger partial charge in [-0.3, -0.25) is 0 Å². The van der Waals surface area contributed by atoms with Crippen LogP contribution in [0.3, 0.4) is 0 Å². The van der Waals surface area contributed by atoms with E-state index in [4.69, 9.17) is 29.9 Å². The number of imidazole rings is 12. The summed E-state index contributed by atoms with van der Waals surface area (Å²) in [5, 5.41) is 13.5. The molecular weight excluding hydrogens is 2970 g/mol. The van der Waals surface area contributed by atoms with Gasteiger partial charge in [-0.2, -0.15) is 0 Å². The molecule has 6 aromatic carbocycles. The second-order valence-corrected chi connectivity index (χ2v) is 35.6. The number of hydrogen-bond donors (Lipinski definition) is 0. The summed E-state index contributed by atoms with van der Waals surface area (Å²) in [6, 6.07) is 49.8. The van der Waals surface area contributed by atoms with Crippen molar-refractivity contribution in [2.24, 2.45) is 84.6 Å². The molecule has 0 bridgehead atoms. The smallest absolute Gasteiger partial charge is 0.472 e. The van der Waals surface area contributed by atoms with E-state index in [-0.39, 0.29) is 126 Å². The van der Waals surface area contributed by atoms with Crippen LogP contribution in [0.2, 0.25) is 0 Å². The first kappa shape index (κ1) is 103. The second-order valence-electron chi connectivity index (χ2n) is 35.6. The minimum absolute atomic E-state index is 0. The molecule has 756 valence electrons. The van der Waals surface area contributed by atoms with Gasteiger partial charge in [-0.05, 0) is 175 Å². The quantitative estimate of drug-likeness (QED) is 0.103. The molecule has 150 heavy (non-hydrogen) atoms. The Balaban J connectivity index is 0.000000112. The molecule has 0 radical (unpaired) electrons. The topological polar surface area (TPSA) is 328 Å². The number of aromatic nitrogens is 36. The fraction of sp³-hybridized carbons (Fsp3) is 0.111. The van der Waals surface area contributed by atoms with Crippen LogP contribution < -0.4 is 29.9 Å². The number of para-hydroxylation sites is 6. The molecule has 0 spiro atoms. The molecule has 24 heterocycles. The van der Waals surface area contributed by atoms with Crippen LogP contribution in [-0.4, -0.2) is 142 Å². The third-order valence-corrected chi connectivity index (χ3v) is 26.0. The summed E-state index contributed by atoms with van der Waals surface area (Å²) < 4.78 is 35.1. The molecule has 0 atom stereocenters. The van der Waals surface area contributed by atoms with Gasteiger partial charge in [-0.25, -0.2) is 29.9 Å². The van der Waals surface area contributed by atoms with Gasteiger partial charge in [-0.1, -0.05) is 252 Å². The van der Waals surface area contributed by atoms with Crippen LogP contribution in [0.5, 0.6) is 0 Å². The zero-order chi connectivity index (χ0) is 97.6. The van der Waals surface area contributed by atoms with E-state index >= 15 is 0 Å². The Labute approximate surface area is 941 Å². The molecule has 0 aliphatic rings. The van der Waals surface area contributed by atoms with Gasteiger partial charge in [0.05, 0.1) is 36.1 Å². The van der Waals surface area contributed by atoms with Crippen LogP contribution >= 0.6 is 0 Å². The van der Waals surface area contributed by atoms with Gasteiger partial charge < -0.3 is 142 Å². The fourth-order valence-electron chi connectivity index (χ4n) is 19.2. The van der Waals surface area contributed by atoms with Crippen molar-refractivity contribution < 1.29 is 126 Å². The predicted molar refractivity (Wildman–Crippen MR) is 551 cm³/mol. The number of hydrogen-bond acceptors (Lipinski definition) is 12. The Hall–Kier alpha value is -15.6. The van der Waals surface area contributed by atoms with Crippen LogP contribution in [0.4, 0.5) is 0 Å². The summed E-state index contributed by atoms with van der Waals surface area (Å²) in [4.78, 5) is 82.1. The van der Waals surface area contributed by atoms with Gasteiger partial charge in [0.2, 0.25) is 0 Å². The Morgan fingerprint density at radius 2 is 0.420 bits per heavy atom. The molecule has 0 aliphatic carbocycles. The molecule has 36 nitrogen and oxygen atoms in total. The summed E-state index contributed by atoms with van der Waals surface area (Å²) in [7, 11) is 23.4. The summed E-state index contributed by atoms with van der Waals surface area (Å²) >= 11 is 0. The van der Waals surface area contributed by atoms with Gasteiger partial charge in [-0.15, -0.1) is 37.2 Å². The molecule has 0 saturated carbocycles. The van der Waals surface area contributed by atoms with Crippen LogP contribution in [-0.2, 0) is 211 Å². The van der Waals surface area contributed by atoms with E-state index in [0.717, 1.165) is 235 Å². The second kappa shape index (κ2) is 41.9. The summed E-state index contributed by atoms with van der Waals surface area (Å²) in [6.07, 6.45) is 63.4. The predicted octanol–water partition coefficient (Wildman–Crippen LogP) is 16.0. The average Bonchev–Trinajstić information content (AvgIpc) is 1.61. The van der Waals surface area contributed by atoms with Gasteiger partial charge >= 0.3 is 126 Å². The molecule has 0 fully saturated rings. The standard InChI is InChI=1S/6C18H14N6.6Pt/c6*1-22-10-15(20-11-22)14-5-3-4-12-13-6-8-24(17(13)21-16(12)14)18-19-7-9-23(18)2;;;;;;/h3*3-6,8-11H,1-2H3;3*3-10H,1-2H3;;;;;;/q6*-2;6*+2. The largest absolute Gasteiger partial charge is 2.00 e. The van der Waals surface area contributed by atoms with Crippen LogP contribution in [0.15, 0.2) is 295 Å². The molecule has 30 aromatic rings. The average molecular weight is 3060 g/mol. The first-order valence-corrected chi connectivity index (χ1v) is 46.0. The molecule has 0 N–H and O–H groups in total. The molecule has 0 unspecified atom stereocenters. The van der Waals surface area contributed by atoms with Crippen molar-refractivity contribution in [2.45, 2.75) is 0 Å². The van der Waals surface area contributed by atoms with Gasteiger partial charge in [0.25, 0.3) is 0 Å². The molecule has 0 aliphatic heterocycles. The minimum atomic E-state index is 0. The third kappa shape index (κ3) is 18.0. The van der Waals surface area contributed by atoms with Gasteiger partial charge in [0.15, 0.2) is 0 Å². The van der Waals surface area contributed by atoms with E-state index < -0.39 is 0 Å². The minimum Gasteiger partial charge on any atom is -0.472 e. The molecule has 30 rings (SSSR count). The number of nitrogens with zero attached hydrogens (tertiary/aromatic N) is 36. The van der Waals surface area contributed by atoms with E-state index in [2.05, 4.69) is 225 Å². The normalized spacial score (nSPS) is 11.3. The zero-order valence-corrected chi connectivity index (χ0v) is 95.3. The third-order valence-electron chi connectivity index (χ3n) is 26.0. The SMILES string of the molecule is Cn1[c-]nc(-c2cccc3c2[n-]c2c3ccn2-c2nccn2C)c1.Cn1[c-]nc(-c2cccc3c2[n-]c2c3ccn2-c2nccn2C)c1.Cn1[c-]nc(-c2cccc3c2[n-]c2c3ccn2-c2nccn2C)c1.Cn1cnc(-c2cccc3c2[n-]c2c3ccn2-c2n[c-]cn2C)c1.Cn1cnc(-c2cccc3c2[n-]c2c3ccn2-c2n[c-]cn2C)c1.Cn1cnc(-c2cccc3c2[n-]c2c3ccn2-c2n[c-]cn2C)c1.[Pt+2].[Pt+2].[Pt+2].[Pt+2].[Pt+2].[Pt+2]. The maximum Gasteiger partial charge on any atom is 2.00 e. The number of fused-ring (bicyclic) bond motifs is 18. The Bertz CT molecular complexity index is 8600. The van der Waals surface area contributed by atoms with E-state index in [1.165, 1.54) is 0 Å². The molecule has 42 heteroatoms. The summed E-state index contributed by atoms with van der Waals surface area (Å²) in [5.41, 5.74) is 22.8. The Kier molecular flexibility index (Phi) is 28.8. The van der Waals surface area contributed by atoms with Gasteiger partial charge in [0.1, 0.15) is 17.8 Å². The first-order valence-electron chi connectivity index (χ1n) is 46.0. The number of aryl methyl sites for hydroxylation is 12. The zero-order valence-electron chi connectivity index (χ0n) is 81.7. The molecule has 24 aromatic heterocycles. The Morgan fingerprint density at radius 1 is 0.207 bits per heavy atom. The number of benzene rings is 6. The van der Waals surface area contributed by atoms with E-state index in [9.17, 15) is 0 Å². The van der Waals surface area contributed by atoms with Crippen molar-refractivity contribution in [1.82, 2.24) is 172 Å². The van der Waals surface area contributed by atoms with Crippen molar-refractivity contribution in [1.29, 1.82) is 0 Å².